The Hall–Kier alpha value is -1.30. The van der Waals surface area contributed by atoms with E-state index < -0.39 is 10.8 Å². The molecule has 3 N–H and O–H groups in total. The molecule has 2 rings (SSSR count). The molecule has 0 saturated heterocycles. The minimum absolute atomic E-state index is 0.0457. The molecule has 1 amide bonds. The summed E-state index contributed by atoms with van der Waals surface area (Å²) in [5.41, 5.74) is 6.95. The highest BCUT2D eigenvalue weighted by atomic mass is 32.2. The van der Waals surface area contributed by atoms with E-state index in [9.17, 15) is 9.00 Å². The van der Waals surface area contributed by atoms with E-state index in [0.29, 0.717) is 24.0 Å². The highest BCUT2D eigenvalue weighted by molar-refractivity contribution is 7.84. The first-order valence-corrected chi connectivity index (χ1v) is 7.69. The number of carbonyl (C=O) groups is 1. The lowest BCUT2D eigenvalue weighted by molar-refractivity contribution is 0.0944. The molecule has 1 fully saturated rings. The second-order valence-corrected chi connectivity index (χ2v) is 6.62. The van der Waals surface area contributed by atoms with Crippen LogP contribution in [0, 0.1) is 0 Å². The zero-order valence-electron chi connectivity index (χ0n) is 10.7. The summed E-state index contributed by atoms with van der Waals surface area (Å²) < 4.78 is 13.2. The van der Waals surface area contributed by atoms with Gasteiger partial charge in [-0.1, -0.05) is 0 Å². The molecule has 2 unspecified atom stereocenters. The summed E-state index contributed by atoms with van der Waals surface area (Å²) in [5.74, 6) is -0.143. The maximum atomic E-state index is 12.1. The summed E-state index contributed by atoms with van der Waals surface area (Å²) in [6.45, 7) is 2.27. The minimum atomic E-state index is -0.926. The molecule has 0 radical (unpaired) electrons. The van der Waals surface area contributed by atoms with E-state index in [2.05, 4.69) is 5.32 Å². The van der Waals surface area contributed by atoms with Crippen LogP contribution in [-0.2, 0) is 10.8 Å². The Labute approximate surface area is 109 Å². The summed E-state index contributed by atoms with van der Waals surface area (Å²) >= 11 is 0. The van der Waals surface area contributed by atoms with Crippen LogP contribution in [0.4, 0.5) is 5.69 Å². The van der Waals surface area contributed by atoms with E-state index in [1.54, 1.807) is 12.3 Å². The van der Waals surface area contributed by atoms with Gasteiger partial charge in [0, 0.05) is 41.1 Å². The van der Waals surface area contributed by atoms with Crippen molar-refractivity contribution in [2.24, 2.45) is 0 Å². The van der Waals surface area contributed by atoms with Gasteiger partial charge >= 0.3 is 0 Å². The molecular formula is C12H19N3O2S. The zero-order valence-corrected chi connectivity index (χ0v) is 11.5. The van der Waals surface area contributed by atoms with Gasteiger partial charge in [-0.3, -0.25) is 9.00 Å². The van der Waals surface area contributed by atoms with Crippen molar-refractivity contribution in [2.75, 3.05) is 18.5 Å². The van der Waals surface area contributed by atoms with Gasteiger partial charge < -0.3 is 15.6 Å². The molecule has 0 aliphatic heterocycles. The van der Waals surface area contributed by atoms with E-state index in [1.807, 2.05) is 17.7 Å². The quantitative estimate of drug-likeness (QED) is 0.834. The largest absolute Gasteiger partial charge is 0.397 e. The molecule has 1 aromatic rings. The van der Waals surface area contributed by atoms with E-state index in [-0.39, 0.29) is 11.2 Å². The Kier molecular flexibility index (Phi) is 3.75. The first-order chi connectivity index (χ1) is 8.49. The molecule has 1 saturated carbocycles. The van der Waals surface area contributed by atoms with Crippen LogP contribution in [0.25, 0.3) is 0 Å². The maximum Gasteiger partial charge on any atom is 0.268 e. The Morgan fingerprint density at radius 3 is 2.89 bits per heavy atom. The Morgan fingerprint density at radius 1 is 1.67 bits per heavy atom. The van der Waals surface area contributed by atoms with Crippen LogP contribution < -0.4 is 11.1 Å². The lowest BCUT2D eigenvalue weighted by Gasteiger charge is -2.11. The van der Waals surface area contributed by atoms with Crippen LogP contribution in [-0.4, -0.2) is 32.7 Å². The summed E-state index contributed by atoms with van der Waals surface area (Å²) in [5, 5.41) is 2.76. The van der Waals surface area contributed by atoms with Crippen molar-refractivity contribution in [2.45, 2.75) is 31.1 Å². The fourth-order valence-corrected chi connectivity index (χ4v) is 2.10. The number of amides is 1. The van der Waals surface area contributed by atoms with Gasteiger partial charge in [-0.15, -0.1) is 0 Å². The van der Waals surface area contributed by atoms with E-state index in [1.165, 1.54) is 0 Å². The monoisotopic (exact) mass is 269 g/mol. The third kappa shape index (κ3) is 2.93. The predicted octanol–water partition coefficient (Wildman–Crippen LogP) is 0.902. The summed E-state index contributed by atoms with van der Waals surface area (Å²) in [6, 6.07) is 2.11. The van der Waals surface area contributed by atoms with E-state index in [4.69, 9.17) is 5.73 Å². The van der Waals surface area contributed by atoms with Crippen molar-refractivity contribution in [3.63, 3.8) is 0 Å². The number of nitrogens with one attached hydrogen (secondary N) is 1. The summed E-state index contributed by atoms with van der Waals surface area (Å²) in [6.07, 6.45) is 5.66. The minimum Gasteiger partial charge on any atom is -0.397 e. The summed E-state index contributed by atoms with van der Waals surface area (Å²) in [7, 11) is -0.926. The van der Waals surface area contributed by atoms with Crippen LogP contribution in [0.5, 0.6) is 0 Å². The highest BCUT2D eigenvalue weighted by Crippen LogP contribution is 2.37. The van der Waals surface area contributed by atoms with Crippen LogP contribution >= 0.6 is 0 Å². The Morgan fingerprint density at radius 2 is 2.33 bits per heavy atom. The second kappa shape index (κ2) is 5.14. The predicted molar refractivity (Wildman–Crippen MR) is 73.0 cm³/mol. The smallest absolute Gasteiger partial charge is 0.268 e. The average molecular weight is 269 g/mol. The number of rotatable bonds is 5. The molecule has 0 aromatic carbocycles. The van der Waals surface area contributed by atoms with Crippen molar-refractivity contribution in [1.82, 2.24) is 9.88 Å². The second-order valence-electron chi connectivity index (χ2n) is 4.82. The lowest BCUT2D eigenvalue weighted by Crippen LogP contribution is -2.33. The molecule has 1 heterocycles. The highest BCUT2D eigenvalue weighted by Gasteiger charge is 2.27. The van der Waals surface area contributed by atoms with Gasteiger partial charge in [0.2, 0.25) is 0 Å². The molecule has 0 bridgehead atoms. The van der Waals surface area contributed by atoms with E-state index in [0.717, 1.165) is 12.8 Å². The van der Waals surface area contributed by atoms with Gasteiger partial charge in [0.05, 0.1) is 5.69 Å². The normalized spacial score (nSPS) is 18.3. The Balaban J connectivity index is 2.02. The number of hydrogen-bond acceptors (Lipinski definition) is 3. The summed E-state index contributed by atoms with van der Waals surface area (Å²) in [4.78, 5) is 12.1. The molecule has 1 aliphatic rings. The number of nitrogen functional groups attached to an aromatic ring is 1. The molecule has 0 spiro atoms. The molecular weight excluding hydrogens is 250 g/mol. The molecule has 100 valence electrons. The van der Waals surface area contributed by atoms with Crippen LogP contribution in [0.1, 0.15) is 36.3 Å². The number of anilines is 1. The van der Waals surface area contributed by atoms with Gasteiger partial charge in [0.1, 0.15) is 5.69 Å². The van der Waals surface area contributed by atoms with Gasteiger partial charge in [0.25, 0.3) is 5.91 Å². The third-order valence-corrected chi connectivity index (χ3v) is 4.46. The number of aromatic nitrogens is 1. The third-order valence-electron chi connectivity index (χ3n) is 3.16. The van der Waals surface area contributed by atoms with Gasteiger partial charge in [-0.2, -0.15) is 0 Å². The van der Waals surface area contributed by atoms with E-state index >= 15 is 0 Å². The van der Waals surface area contributed by atoms with Gasteiger partial charge in [-0.25, -0.2) is 0 Å². The average Bonchev–Trinajstić information content (AvgIpc) is 3.08. The van der Waals surface area contributed by atoms with Crippen molar-refractivity contribution in [3.05, 3.63) is 18.0 Å². The SMILES string of the molecule is CC(CNC(=O)c1cc(N)cn1C1CC1)S(C)=O. The van der Waals surface area contributed by atoms with Crippen molar-refractivity contribution >= 4 is 22.4 Å². The van der Waals surface area contributed by atoms with Crippen LogP contribution in [0.3, 0.4) is 0 Å². The first-order valence-electron chi connectivity index (χ1n) is 6.07. The zero-order chi connectivity index (χ0) is 13.3. The molecule has 2 atom stereocenters. The van der Waals surface area contributed by atoms with Gasteiger partial charge in [-0.05, 0) is 25.8 Å². The number of hydrogen-bond donors (Lipinski definition) is 2. The number of nitrogens with zero attached hydrogens (tertiary/aromatic N) is 1. The van der Waals surface area contributed by atoms with Crippen LogP contribution in [0.15, 0.2) is 12.3 Å². The fourth-order valence-electron chi connectivity index (χ4n) is 1.78. The number of carbonyl (C=O) groups excluding carboxylic acids is 1. The molecule has 6 heteroatoms. The lowest BCUT2D eigenvalue weighted by atomic mass is 10.3. The molecule has 18 heavy (non-hydrogen) atoms. The topological polar surface area (TPSA) is 77.1 Å². The maximum absolute atomic E-state index is 12.1. The van der Waals surface area contributed by atoms with Crippen molar-refractivity contribution in [1.29, 1.82) is 0 Å². The van der Waals surface area contributed by atoms with Crippen LogP contribution in [0.2, 0.25) is 0 Å². The molecule has 1 aliphatic carbocycles. The Bertz CT molecular complexity index is 480. The molecule has 1 aromatic heterocycles. The van der Waals surface area contributed by atoms with Crippen molar-refractivity contribution in [3.8, 4) is 0 Å². The fraction of sp³-hybridized carbons (Fsp3) is 0.583. The standard InChI is InChI=1S/C12H19N3O2S/c1-8(18(2)17)6-14-12(16)11-5-9(13)7-15(11)10-3-4-10/h5,7-8,10H,3-4,6,13H2,1-2H3,(H,14,16). The number of nitrogens with two attached hydrogens (primary N) is 1. The molecule has 5 nitrogen and oxygen atoms in total. The van der Waals surface area contributed by atoms with Gasteiger partial charge in [0.15, 0.2) is 0 Å². The first kappa shape index (κ1) is 13.1. The van der Waals surface area contributed by atoms with Crippen molar-refractivity contribution < 1.29 is 9.00 Å².